The standard InChI is InChI=1S/C18H26N4O4/c1-18(2,3)26-17(23)20-9-14-12-6-7-13(14)11-21(10-12)15-5-4-8-19-16(15)22(24)25/h4-5,8,12-14H,6-7,9-11H2,1-3H3,(H,20,23)/t12-,13+,14?. The minimum Gasteiger partial charge on any atom is -0.444 e. The van der Waals surface area contributed by atoms with Crippen molar-refractivity contribution >= 4 is 17.6 Å². The van der Waals surface area contributed by atoms with Crippen LogP contribution in [0.4, 0.5) is 16.3 Å². The van der Waals surface area contributed by atoms with E-state index in [-0.39, 0.29) is 11.9 Å². The maximum absolute atomic E-state index is 11.9. The number of nitro groups is 1. The summed E-state index contributed by atoms with van der Waals surface area (Å²) in [5.41, 5.74) is 0.0824. The summed E-state index contributed by atoms with van der Waals surface area (Å²) in [4.78, 5) is 28.7. The van der Waals surface area contributed by atoms with Crippen molar-refractivity contribution in [2.75, 3.05) is 24.5 Å². The molecule has 1 aromatic rings. The van der Waals surface area contributed by atoms with Gasteiger partial charge in [0.2, 0.25) is 0 Å². The van der Waals surface area contributed by atoms with Crippen molar-refractivity contribution in [3.63, 3.8) is 0 Å². The fourth-order valence-corrected chi connectivity index (χ4v) is 4.16. The Morgan fingerprint density at radius 3 is 2.62 bits per heavy atom. The molecule has 1 aliphatic heterocycles. The third-order valence-electron chi connectivity index (χ3n) is 5.19. The van der Waals surface area contributed by atoms with Gasteiger partial charge in [0.25, 0.3) is 0 Å². The van der Waals surface area contributed by atoms with Gasteiger partial charge in [-0.15, -0.1) is 0 Å². The van der Waals surface area contributed by atoms with E-state index in [1.54, 1.807) is 12.1 Å². The SMILES string of the molecule is CC(C)(C)OC(=O)NCC1[C@@H]2CC[C@H]1CN(c1cccnc1[N+](=O)[O-])C2. The van der Waals surface area contributed by atoms with Crippen LogP contribution in [0.2, 0.25) is 0 Å². The Morgan fingerprint density at radius 2 is 2.04 bits per heavy atom. The lowest BCUT2D eigenvalue weighted by atomic mass is 9.85. The third kappa shape index (κ3) is 4.05. The van der Waals surface area contributed by atoms with E-state index in [1.165, 1.54) is 6.20 Å². The minimum atomic E-state index is -0.508. The average molecular weight is 362 g/mol. The quantitative estimate of drug-likeness (QED) is 0.653. The summed E-state index contributed by atoms with van der Waals surface area (Å²) in [6, 6.07) is 3.50. The van der Waals surface area contributed by atoms with Gasteiger partial charge in [0.15, 0.2) is 0 Å². The second kappa shape index (κ2) is 7.09. The summed E-state index contributed by atoms with van der Waals surface area (Å²) in [6.45, 7) is 7.63. The normalized spacial score (nSPS) is 25.0. The molecule has 0 aromatic carbocycles. The zero-order chi connectivity index (χ0) is 18.9. The molecule has 3 rings (SSSR count). The number of ether oxygens (including phenoxy) is 1. The molecule has 26 heavy (non-hydrogen) atoms. The monoisotopic (exact) mass is 362 g/mol. The van der Waals surface area contributed by atoms with E-state index in [9.17, 15) is 14.9 Å². The van der Waals surface area contributed by atoms with Crippen molar-refractivity contribution in [2.45, 2.75) is 39.2 Å². The Labute approximate surface area is 153 Å². The van der Waals surface area contributed by atoms with Gasteiger partial charge in [-0.3, -0.25) is 0 Å². The fraction of sp³-hybridized carbons (Fsp3) is 0.667. The molecule has 1 aromatic heterocycles. The lowest BCUT2D eigenvalue weighted by Crippen LogP contribution is -2.46. The van der Waals surface area contributed by atoms with Gasteiger partial charge in [-0.05, 0) is 73.4 Å². The first-order valence-electron chi connectivity index (χ1n) is 9.06. The van der Waals surface area contributed by atoms with Gasteiger partial charge in [-0.25, -0.2) is 4.79 Å². The number of rotatable bonds is 4. The zero-order valence-electron chi connectivity index (χ0n) is 15.5. The molecule has 0 radical (unpaired) electrons. The molecule has 1 saturated heterocycles. The molecule has 2 heterocycles. The molecular weight excluding hydrogens is 336 g/mol. The van der Waals surface area contributed by atoms with E-state index in [0.29, 0.717) is 30.0 Å². The van der Waals surface area contributed by atoms with Crippen molar-refractivity contribution in [1.82, 2.24) is 10.3 Å². The van der Waals surface area contributed by atoms with Crippen LogP contribution < -0.4 is 10.2 Å². The molecule has 1 N–H and O–H groups in total. The molecule has 142 valence electrons. The zero-order valence-corrected chi connectivity index (χ0v) is 15.5. The van der Waals surface area contributed by atoms with Crippen LogP contribution >= 0.6 is 0 Å². The van der Waals surface area contributed by atoms with Crippen LogP contribution in [0.1, 0.15) is 33.6 Å². The number of nitrogens with zero attached hydrogens (tertiary/aromatic N) is 3. The number of fused-ring (bicyclic) bond motifs is 2. The second-order valence-electron chi connectivity index (χ2n) is 8.15. The average Bonchev–Trinajstić information content (AvgIpc) is 2.79. The summed E-state index contributed by atoms with van der Waals surface area (Å²) in [6.07, 6.45) is 3.22. The predicted molar refractivity (Wildman–Crippen MR) is 97.0 cm³/mol. The van der Waals surface area contributed by atoms with Gasteiger partial charge in [0, 0.05) is 19.6 Å². The van der Waals surface area contributed by atoms with Crippen LogP contribution in [0.3, 0.4) is 0 Å². The maximum atomic E-state index is 11.9. The first-order chi connectivity index (χ1) is 12.2. The Hall–Kier alpha value is -2.38. The van der Waals surface area contributed by atoms with Gasteiger partial charge < -0.3 is 25.1 Å². The Morgan fingerprint density at radius 1 is 1.38 bits per heavy atom. The number of hydrogen-bond donors (Lipinski definition) is 1. The third-order valence-corrected chi connectivity index (χ3v) is 5.19. The summed E-state index contributed by atoms with van der Waals surface area (Å²) in [5.74, 6) is 1.11. The predicted octanol–water partition coefficient (Wildman–Crippen LogP) is 2.98. The minimum absolute atomic E-state index is 0.0859. The molecule has 0 spiro atoms. The van der Waals surface area contributed by atoms with Crippen LogP contribution in [0.5, 0.6) is 0 Å². The highest BCUT2D eigenvalue weighted by molar-refractivity contribution is 5.67. The van der Waals surface area contributed by atoms with Crippen molar-refractivity contribution in [2.24, 2.45) is 17.8 Å². The molecule has 2 aliphatic rings. The molecule has 1 amide bonds. The highest BCUT2D eigenvalue weighted by atomic mass is 16.6. The molecule has 3 atom stereocenters. The number of pyridine rings is 1. The number of piperidine rings is 1. The lowest BCUT2D eigenvalue weighted by Gasteiger charge is -2.39. The highest BCUT2D eigenvalue weighted by Gasteiger charge is 2.43. The summed E-state index contributed by atoms with van der Waals surface area (Å²) < 4.78 is 5.31. The highest BCUT2D eigenvalue weighted by Crippen LogP contribution is 2.44. The molecule has 1 unspecified atom stereocenters. The Bertz CT molecular complexity index is 674. The van der Waals surface area contributed by atoms with Gasteiger partial charge in [-0.1, -0.05) is 0 Å². The van der Waals surface area contributed by atoms with Gasteiger partial charge in [0.05, 0.1) is 0 Å². The number of carbonyl (C=O) groups is 1. The number of amides is 1. The molecule has 8 nitrogen and oxygen atoms in total. The molecule has 1 saturated carbocycles. The molecular formula is C18H26N4O4. The second-order valence-corrected chi connectivity index (χ2v) is 8.15. The number of aromatic nitrogens is 1. The summed E-state index contributed by atoms with van der Waals surface area (Å²) in [7, 11) is 0. The summed E-state index contributed by atoms with van der Waals surface area (Å²) in [5, 5.41) is 14.1. The van der Waals surface area contributed by atoms with E-state index in [1.807, 2.05) is 20.8 Å². The Kier molecular flexibility index (Phi) is 5.02. The van der Waals surface area contributed by atoms with Crippen molar-refractivity contribution < 1.29 is 14.5 Å². The number of hydrogen-bond acceptors (Lipinski definition) is 6. The Balaban J connectivity index is 1.63. The maximum Gasteiger partial charge on any atom is 0.407 e. The largest absolute Gasteiger partial charge is 0.444 e. The topological polar surface area (TPSA) is 97.6 Å². The van der Waals surface area contributed by atoms with Crippen molar-refractivity contribution in [3.05, 3.63) is 28.4 Å². The number of nitrogens with one attached hydrogen (secondary N) is 1. The van der Waals surface area contributed by atoms with Gasteiger partial charge in [-0.2, -0.15) is 0 Å². The van der Waals surface area contributed by atoms with Crippen LogP contribution in [-0.2, 0) is 4.74 Å². The number of carbonyl (C=O) groups excluding carboxylic acids is 1. The van der Waals surface area contributed by atoms with Gasteiger partial charge >= 0.3 is 11.9 Å². The smallest absolute Gasteiger partial charge is 0.407 e. The van der Waals surface area contributed by atoms with Crippen molar-refractivity contribution in [3.8, 4) is 0 Å². The van der Waals surface area contributed by atoms with Crippen molar-refractivity contribution in [1.29, 1.82) is 0 Å². The fourth-order valence-electron chi connectivity index (χ4n) is 4.16. The molecule has 2 bridgehead atoms. The van der Waals surface area contributed by atoms with E-state index in [2.05, 4.69) is 15.2 Å². The molecule has 8 heteroatoms. The van der Waals surface area contributed by atoms with Crippen LogP contribution in [0.15, 0.2) is 18.3 Å². The van der Waals surface area contributed by atoms with Crippen LogP contribution in [-0.4, -0.2) is 41.2 Å². The summed E-state index contributed by atoms with van der Waals surface area (Å²) >= 11 is 0. The van der Waals surface area contributed by atoms with Crippen LogP contribution in [0.25, 0.3) is 0 Å². The first kappa shape index (κ1) is 18.4. The number of alkyl carbamates (subject to hydrolysis) is 1. The lowest BCUT2D eigenvalue weighted by molar-refractivity contribution is -0.388. The molecule has 1 aliphatic carbocycles. The van der Waals surface area contributed by atoms with Crippen LogP contribution in [0, 0.1) is 27.9 Å². The first-order valence-corrected chi connectivity index (χ1v) is 9.06. The van der Waals surface area contributed by atoms with E-state index in [0.717, 1.165) is 25.9 Å². The van der Waals surface area contributed by atoms with E-state index >= 15 is 0 Å². The van der Waals surface area contributed by atoms with E-state index in [4.69, 9.17) is 4.74 Å². The molecule has 2 fully saturated rings. The number of anilines is 1. The van der Waals surface area contributed by atoms with E-state index < -0.39 is 10.5 Å². The van der Waals surface area contributed by atoms with Gasteiger partial charge in [0.1, 0.15) is 17.5 Å².